The van der Waals surface area contributed by atoms with E-state index in [1.54, 1.807) is 23.9 Å². The summed E-state index contributed by atoms with van der Waals surface area (Å²) in [6.45, 7) is 3.83. The van der Waals surface area contributed by atoms with Gasteiger partial charge in [-0.15, -0.1) is 11.8 Å². The first-order valence-corrected chi connectivity index (χ1v) is 7.93. The smallest absolute Gasteiger partial charge is 0.335 e. The Labute approximate surface area is 128 Å². The highest BCUT2D eigenvalue weighted by atomic mass is 32.2. The number of hydrogen-bond acceptors (Lipinski definition) is 3. The Kier molecular flexibility index (Phi) is 3.88. The second-order valence-electron chi connectivity index (χ2n) is 5.24. The van der Waals surface area contributed by atoms with Gasteiger partial charge < -0.3 is 10.0 Å². The molecule has 0 amide bonds. The molecule has 0 saturated carbocycles. The Morgan fingerprint density at radius 3 is 2.71 bits per heavy atom. The number of aryl methyl sites for hydroxylation is 1. The maximum absolute atomic E-state index is 11.2. The van der Waals surface area contributed by atoms with Crippen LogP contribution in [0.2, 0.25) is 0 Å². The molecular weight excluding hydrogens is 282 g/mol. The number of nitrogens with zero attached hydrogens (tertiary/aromatic N) is 1. The zero-order valence-electron chi connectivity index (χ0n) is 11.9. The minimum Gasteiger partial charge on any atom is -0.478 e. The molecule has 3 nitrogen and oxygen atoms in total. The number of carbonyl (C=O) groups is 1. The molecule has 0 aliphatic carbocycles. The van der Waals surface area contributed by atoms with Crippen LogP contribution in [0.3, 0.4) is 0 Å². The number of hydrogen-bond donors (Lipinski definition) is 1. The summed E-state index contributed by atoms with van der Waals surface area (Å²) in [7, 11) is 0. The molecule has 0 unspecified atom stereocenters. The summed E-state index contributed by atoms with van der Waals surface area (Å²) in [5.41, 5.74) is 3.89. The highest BCUT2D eigenvalue weighted by molar-refractivity contribution is 7.99. The Morgan fingerprint density at radius 2 is 2.00 bits per heavy atom. The van der Waals surface area contributed by atoms with E-state index in [0.29, 0.717) is 5.56 Å². The molecule has 0 radical (unpaired) electrons. The fourth-order valence-electron chi connectivity index (χ4n) is 2.48. The maximum atomic E-state index is 11.2. The van der Waals surface area contributed by atoms with Crippen LogP contribution in [0.5, 0.6) is 0 Å². The van der Waals surface area contributed by atoms with Gasteiger partial charge in [-0.25, -0.2) is 4.79 Å². The first-order chi connectivity index (χ1) is 10.1. The van der Waals surface area contributed by atoms with Crippen molar-refractivity contribution in [2.45, 2.75) is 18.4 Å². The fraction of sp³-hybridized carbons (Fsp3) is 0.235. The Bertz CT molecular complexity index is 667. The maximum Gasteiger partial charge on any atom is 0.335 e. The van der Waals surface area contributed by atoms with Gasteiger partial charge in [0, 0.05) is 23.7 Å². The van der Waals surface area contributed by atoms with Crippen molar-refractivity contribution in [2.24, 2.45) is 0 Å². The Morgan fingerprint density at radius 1 is 1.24 bits per heavy atom. The molecule has 21 heavy (non-hydrogen) atoms. The molecule has 4 heteroatoms. The van der Waals surface area contributed by atoms with Crippen LogP contribution in [0.1, 0.15) is 21.5 Å². The second kappa shape index (κ2) is 5.82. The first-order valence-electron chi connectivity index (χ1n) is 6.94. The van der Waals surface area contributed by atoms with E-state index in [-0.39, 0.29) is 0 Å². The summed E-state index contributed by atoms with van der Waals surface area (Å²) in [5.74, 6) is 0.161. The van der Waals surface area contributed by atoms with E-state index in [1.165, 1.54) is 16.0 Å². The third-order valence-corrected chi connectivity index (χ3v) is 4.70. The standard InChI is InChI=1S/C17H17NO2S/c1-12-2-4-13(5-3-12)11-18-8-9-21-16-7-6-14(17(19)20)10-15(16)18/h2-7,10H,8-9,11H2,1H3,(H,19,20). The van der Waals surface area contributed by atoms with Crippen LogP contribution >= 0.6 is 11.8 Å². The number of carboxylic acid groups (broad SMARTS) is 1. The molecule has 0 atom stereocenters. The zero-order valence-corrected chi connectivity index (χ0v) is 12.7. The Hall–Kier alpha value is -1.94. The average molecular weight is 299 g/mol. The van der Waals surface area contributed by atoms with Crippen LogP contribution in [0, 0.1) is 6.92 Å². The molecular formula is C17H17NO2S. The summed E-state index contributed by atoms with van der Waals surface area (Å²) in [6.07, 6.45) is 0. The highest BCUT2D eigenvalue weighted by Crippen LogP contribution is 2.36. The van der Waals surface area contributed by atoms with E-state index >= 15 is 0 Å². The van der Waals surface area contributed by atoms with Gasteiger partial charge in [-0.05, 0) is 30.7 Å². The molecule has 0 bridgehead atoms. The minimum atomic E-state index is -0.872. The minimum absolute atomic E-state index is 0.352. The zero-order chi connectivity index (χ0) is 14.8. The van der Waals surface area contributed by atoms with Crippen molar-refractivity contribution < 1.29 is 9.90 Å². The van der Waals surface area contributed by atoms with Crippen LogP contribution in [0.15, 0.2) is 47.4 Å². The van der Waals surface area contributed by atoms with Gasteiger partial charge >= 0.3 is 5.97 Å². The highest BCUT2D eigenvalue weighted by Gasteiger charge is 2.19. The molecule has 3 rings (SSSR count). The second-order valence-corrected chi connectivity index (χ2v) is 6.38. The summed E-state index contributed by atoms with van der Waals surface area (Å²) >= 11 is 1.79. The quantitative estimate of drug-likeness (QED) is 0.935. The molecule has 0 fully saturated rings. The molecule has 2 aromatic carbocycles. The summed E-state index contributed by atoms with van der Waals surface area (Å²) in [4.78, 5) is 14.6. The number of benzene rings is 2. The largest absolute Gasteiger partial charge is 0.478 e. The van der Waals surface area contributed by atoms with Crippen LogP contribution in [-0.2, 0) is 6.54 Å². The van der Waals surface area contributed by atoms with Crippen molar-refractivity contribution in [2.75, 3.05) is 17.2 Å². The molecule has 1 N–H and O–H groups in total. The molecule has 108 valence electrons. The molecule has 1 aliphatic rings. The number of carboxylic acids is 1. The van der Waals surface area contributed by atoms with E-state index in [4.69, 9.17) is 5.11 Å². The van der Waals surface area contributed by atoms with E-state index in [0.717, 1.165) is 24.5 Å². The van der Waals surface area contributed by atoms with Crippen LogP contribution in [0.25, 0.3) is 0 Å². The normalized spacial score (nSPS) is 13.9. The van der Waals surface area contributed by atoms with E-state index in [2.05, 4.69) is 36.1 Å². The van der Waals surface area contributed by atoms with Crippen LogP contribution in [0.4, 0.5) is 5.69 Å². The van der Waals surface area contributed by atoms with Crippen molar-refractivity contribution in [3.63, 3.8) is 0 Å². The van der Waals surface area contributed by atoms with Gasteiger partial charge in [0.1, 0.15) is 0 Å². The Balaban J connectivity index is 1.90. The van der Waals surface area contributed by atoms with Gasteiger partial charge in [-0.2, -0.15) is 0 Å². The fourth-order valence-corrected chi connectivity index (χ4v) is 3.52. The molecule has 1 aliphatic heterocycles. The number of rotatable bonds is 3. The summed E-state index contributed by atoms with van der Waals surface area (Å²) in [5, 5.41) is 9.17. The van der Waals surface area contributed by atoms with Crippen molar-refractivity contribution in [1.82, 2.24) is 0 Å². The molecule has 0 aromatic heterocycles. The lowest BCUT2D eigenvalue weighted by molar-refractivity contribution is 0.0697. The first kappa shape index (κ1) is 14.0. The van der Waals surface area contributed by atoms with Gasteiger partial charge in [0.05, 0.1) is 11.3 Å². The van der Waals surface area contributed by atoms with Crippen molar-refractivity contribution >= 4 is 23.4 Å². The number of fused-ring (bicyclic) bond motifs is 1. The van der Waals surface area contributed by atoms with Gasteiger partial charge in [0.15, 0.2) is 0 Å². The van der Waals surface area contributed by atoms with E-state index < -0.39 is 5.97 Å². The van der Waals surface area contributed by atoms with Gasteiger partial charge in [-0.3, -0.25) is 0 Å². The van der Waals surface area contributed by atoms with E-state index in [9.17, 15) is 4.79 Å². The predicted molar refractivity (Wildman–Crippen MR) is 86.4 cm³/mol. The predicted octanol–water partition coefficient (Wildman–Crippen LogP) is 3.81. The number of anilines is 1. The molecule has 1 heterocycles. The molecule has 0 saturated heterocycles. The van der Waals surface area contributed by atoms with Gasteiger partial charge in [0.25, 0.3) is 0 Å². The van der Waals surface area contributed by atoms with Crippen molar-refractivity contribution in [3.8, 4) is 0 Å². The van der Waals surface area contributed by atoms with Gasteiger partial charge in [0.2, 0.25) is 0 Å². The van der Waals surface area contributed by atoms with Crippen LogP contribution in [-0.4, -0.2) is 23.4 Å². The van der Waals surface area contributed by atoms with Crippen molar-refractivity contribution in [1.29, 1.82) is 0 Å². The van der Waals surface area contributed by atoms with E-state index in [1.807, 2.05) is 6.07 Å². The molecule has 0 spiro atoms. The lowest BCUT2D eigenvalue weighted by atomic mass is 10.1. The number of aromatic carboxylic acids is 1. The lowest BCUT2D eigenvalue weighted by Gasteiger charge is -2.31. The lowest BCUT2D eigenvalue weighted by Crippen LogP contribution is -2.28. The molecule has 2 aromatic rings. The van der Waals surface area contributed by atoms with Crippen molar-refractivity contribution in [3.05, 3.63) is 59.2 Å². The van der Waals surface area contributed by atoms with Gasteiger partial charge in [-0.1, -0.05) is 29.8 Å². The van der Waals surface area contributed by atoms with Crippen LogP contribution < -0.4 is 4.90 Å². The number of thioether (sulfide) groups is 1. The summed E-state index contributed by atoms with van der Waals surface area (Å²) < 4.78 is 0. The SMILES string of the molecule is Cc1ccc(CN2CCSc3ccc(C(=O)O)cc32)cc1. The average Bonchev–Trinajstić information content (AvgIpc) is 2.49. The third-order valence-electron chi connectivity index (χ3n) is 3.66. The topological polar surface area (TPSA) is 40.5 Å². The summed E-state index contributed by atoms with van der Waals surface area (Å²) in [6, 6.07) is 13.9. The monoisotopic (exact) mass is 299 g/mol. The third kappa shape index (κ3) is 3.05.